The highest BCUT2D eigenvalue weighted by atomic mass is 35.5. The molecule has 28 heavy (non-hydrogen) atoms. The summed E-state index contributed by atoms with van der Waals surface area (Å²) in [7, 11) is 0. The van der Waals surface area contributed by atoms with E-state index in [1.807, 2.05) is 24.3 Å². The number of anilines is 1. The van der Waals surface area contributed by atoms with Crippen molar-refractivity contribution in [1.82, 2.24) is 10.3 Å². The van der Waals surface area contributed by atoms with Crippen LogP contribution in [-0.2, 0) is 6.54 Å². The molecule has 2 heterocycles. The Morgan fingerprint density at radius 1 is 1.04 bits per heavy atom. The monoisotopic (exact) mass is 442 g/mol. The number of pyridine rings is 1. The molecule has 0 unspecified atom stereocenters. The van der Waals surface area contributed by atoms with Gasteiger partial charge in [0.25, 0.3) is 0 Å². The molecular formula is C20H22Cl3FN4. The van der Waals surface area contributed by atoms with Crippen LogP contribution in [0.3, 0.4) is 0 Å². The number of aromatic nitrogens is 1. The quantitative estimate of drug-likeness (QED) is 0.630. The number of benzene rings is 2. The van der Waals surface area contributed by atoms with Crippen molar-refractivity contribution in [1.29, 1.82) is 0 Å². The van der Waals surface area contributed by atoms with Gasteiger partial charge in [0.1, 0.15) is 11.6 Å². The first-order chi connectivity index (χ1) is 12.7. The standard InChI is InChI=1S/C20H20ClFN4.2ClH/c21-17-11-15-9-14(13-1-3-18(22)16(10-13)12-23)2-4-19(15)25-20(17)26-7-5-24-6-8-26;;/h1-4,9-11,24H,5-8,12,23H2;2*1H. The van der Waals surface area contributed by atoms with Crippen LogP contribution in [0.15, 0.2) is 42.5 Å². The fourth-order valence-corrected chi connectivity index (χ4v) is 3.61. The molecule has 150 valence electrons. The Labute approximate surface area is 181 Å². The first-order valence-corrected chi connectivity index (χ1v) is 9.08. The van der Waals surface area contributed by atoms with Crippen LogP contribution in [0.1, 0.15) is 5.56 Å². The van der Waals surface area contributed by atoms with Gasteiger partial charge in [0, 0.05) is 43.7 Å². The Kier molecular flexibility index (Phi) is 7.87. The number of nitrogens with one attached hydrogen (secondary N) is 1. The van der Waals surface area contributed by atoms with Crippen LogP contribution in [0.25, 0.3) is 22.0 Å². The summed E-state index contributed by atoms with van der Waals surface area (Å²) in [6.45, 7) is 3.84. The third kappa shape index (κ3) is 4.50. The van der Waals surface area contributed by atoms with Gasteiger partial charge in [0.2, 0.25) is 0 Å². The number of rotatable bonds is 3. The van der Waals surface area contributed by atoms with Crippen LogP contribution < -0.4 is 16.0 Å². The van der Waals surface area contributed by atoms with Crippen LogP contribution >= 0.6 is 36.4 Å². The SMILES string of the molecule is Cl.Cl.NCc1cc(-c2ccc3nc(N4CCNCC4)c(Cl)cc3c2)ccc1F. The van der Waals surface area contributed by atoms with Crippen molar-refractivity contribution in [2.24, 2.45) is 5.73 Å². The minimum absolute atomic E-state index is 0. The average molecular weight is 444 g/mol. The Hall–Kier alpha value is -1.63. The van der Waals surface area contributed by atoms with Crippen LogP contribution in [0, 0.1) is 5.82 Å². The molecule has 0 radical (unpaired) electrons. The van der Waals surface area contributed by atoms with Gasteiger partial charge < -0.3 is 16.0 Å². The smallest absolute Gasteiger partial charge is 0.148 e. The van der Waals surface area contributed by atoms with Gasteiger partial charge >= 0.3 is 0 Å². The lowest BCUT2D eigenvalue weighted by Gasteiger charge is -2.29. The van der Waals surface area contributed by atoms with E-state index in [1.165, 1.54) is 6.07 Å². The van der Waals surface area contributed by atoms with Gasteiger partial charge in [-0.3, -0.25) is 0 Å². The Balaban J connectivity index is 0.00000140. The lowest BCUT2D eigenvalue weighted by Crippen LogP contribution is -2.44. The number of piperazine rings is 1. The molecule has 4 rings (SSSR count). The van der Waals surface area contributed by atoms with Gasteiger partial charge in [-0.05, 0) is 41.5 Å². The second-order valence-corrected chi connectivity index (χ2v) is 6.86. The third-order valence-corrected chi connectivity index (χ3v) is 5.04. The fourth-order valence-electron chi connectivity index (χ4n) is 3.33. The summed E-state index contributed by atoms with van der Waals surface area (Å²) in [6, 6.07) is 13.0. The number of nitrogens with two attached hydrogens (primary N) is 1. The highest BCUT2D eigenvalue weighted by Crippen LogP contribution is 2.31. The average Bonchev–Trinajstić information content (AvgIpc) is 2.68. The Morgan fingerprint density at radius 3 is 2.43 bits per heavy atom. The minimum Gasteiger partial charge on any atom is -0.353 e. The largest absolute Gasteiger partial charge is 0.353 e. The predicted molar refractivity (Wildman–Crippen MR) is 120 cm³/mol. The molecule has 1 aromatic heterocycles. The highest BCUT2D eigenvalue weighted by molar-refractivity contribution is 6.33. The Bertz CT molecular complexity index is 962. The normalized spacial score (nSPS) is 13.8. The van der Waals surface area contributed by atoms with Crippen molar-refractivity contribution in [3.63, 3.8) is 0 Å². The molecule has 0 amide bonds. The predicted octanol–water partition coefficient (Wildman–Crippen LogP) is 4.41. The van der Waals surface area contributed by atoms with Gasteiger partial charge in [0.05, 0.1) is 10.5 Å². The molecule has 1 aliphatic rings. The first kappa shape index (κ1) is 22.7. The zero-order chi connectivity index (χ0) is 18.1. The van der Waals surface area contributed by atoms with Gasteiger partial charge in [-0.1, -0.05) is 23.7 Å². The van der Waals surface area contributed by atoms with E-state index in [0.29, 0.717) is 10.6 Å². The second-order valence-electron chi connectivity index (χ2n) is 6.45. The summed E-state index contributed by atoms with van der Waals surface area (Å²) in [4.78, 5) is 6.98. The summed E-state index contributed by atoms with van der Waals surface area (Å²) < 4.78 is 13.7. The first-order valence-electron chi connectivity index (χ1n) is 8.70. The third-order valence-electron chi connectivity index (χ3n) is 4.77. The number of hydrogen-bond donors (Lipinski definition) is 2. The minimum atomic E-state index is -0.276. The maximum atomic E-state index is 13.7. The lowest BCUT2D eigenvalue weighted by molar-refractivity contribution is 0.585. The van der Waals surface area contributed by atoms with Crippen molar-refractivity contribution in [2.45, 2.75) is 6.54 Å². The van der Waals surface area contributed by atoms with Crippen molar-refractivity contribution >= 4 is 53.1 Å². The lowest BCUT2D eigenvalue weighted by atomic mass is 10.0. The summed E-state index contributed by atoms with van der Waals surface area (Å²) in [5, 5.41) is 4.95. The molecule has 0 bridgehead atoms. The maximum absolute atomic E-state index is 13.7. The summed E-state index contributed by atoms with van der Waals surface area (Å²) in [6.07, 6.45) is 0. The van der Waals surface area contributed by atoms with Crippen LogP contribution in [0.5, 0.6) is 0 Å². The van der Waals surface area contributed by atoms with Crippen molar-refractivity contribution < 1.29 is 4.39 Å². The number of fused-ring (bicyclic) bond motifs is 1. The topological polar surface area (TPSA) is 54.2 Å². The molecule has 0 saturated carbocycles. The molecule has 3 aromatic rings. The van der Waals surface area contributed by atoms with Gasteiger partial charge in [0.15, 0.2) is 0 Å². The zero-order valence-corrected chi connectivity index (χ0v) is 17.5. The van der Waals surface area contributed by atoms with E-state index in [4.69, 9.17) is 22.3 Å². The molecule has 0 aliphatic carbocycles. The number of nitrogens with zero attached hydrogens (tertiary/aromatic N) is 2. The molecule has 2 aromatic carbocycles. The van der Waals surface area contributed by atoms with E-state index in [-0.39, 0.29) is 37.2 Å². The van der Waals surface area contributed by atoms with E-state index >= 15 is 0 Å². The molecule has 0 atom stereocenters. The molecule has 4 nitrogen and oxygen atoms in total. The molecule has 8 heteroatoms. The maximum Gasteiger partial charge on any atom is 0.148 e. The van der Waals surface area contributed by atoms with Crippen molar-refractivity contribution in [3.8, 4) is 11.1 Å². The number of halogens is 4. The van der Waals surface area contributed by atoms with Gasteiger partial charge in [-0.15, -0.1) is 24.8 Å². The molecule has 1 saturated heterocycles. The van der Waals surface area contributed by atoms with Crippen LogP contribution in [0.2, 0.25) is 5.02 Å². The van der Waals surface area contributed by atoms with E-state index < -0.39 is 0 Å². The van der Waals surface area contributed by atoms with E-state index in [9.17, 15) is 4.39 Å². The van der Waals surface area contributed by atoms with Crippen molar-refractivity contribution in [2.75, 3.05) is 31.1 Å². The molecule has 1 aliphatic heterocycles. The zero-order valence-electron chi connectivity index (χ0n) is 15.1. The van der Waals surface area contributed by atoms with Crippen molar-refractivity contribution in [3.05, 3.63) is 58.9 Å². The van der Waals surface area contributed by atoms with Crippen LogP contribution in [-0.4, -0.2) is 31.2 Å². The summed E-state index contributed by atoms with van der Waals surface area (Å²) >= 11 is 6.51. The van der Waals surface area contributed by atoms with Gasteiger partial charge in [-0.2, -0.15) is 0 Å². The summed E-state index contributed by atoms with van der Waals surface area (Å²) in [5.41, 5.74) is 8.94. The molecule has 0 spiro atoms. The second kappa shape index (κ2) is 9.72. The fraction of sp³-hybridized carbons (Fsp3) is 0.250. The summed E-state index contributed by atoms with van der Waals surface area (Å²) in [5.74, 6) is 0.558. The van der Waals surface area contributed by atoms with E-state index in [0.717, 1.165) is 54.0 Å². The molecule has 3 N–H and O–H groups in total. The van der Waals surface area contributed by atoms with E-state index in [2.05, 4.69) is 10.2 Å². The number of hydrogen-bond acceptors (Lipinski definition) is 4. The Morgan fingerprint density at radius 2 is 1.71 bits per heavy atom. The van der Waals surface area contributed by atoms with Crippen LogP contribution in [0.4, 0.5) is 10.2 Å². The highest BCUT2D eigenvalue weighted by Gasteiger charge is 2.16. The van der Waals surface area contributed by atoms with Gasteiger partial charge in [-0.25, -0.2) is 9.37 Å². The molecular weight excluding hydrogens is 422 g/mol. The van der Waals surface area contributed by atoms with E-state index in [1.54, 1.807) is 12.1 Å². The molecule has 1 fully saturated rings.